The Hall–Kier alpha value is -2.18. The van der Waals surface area contributed by atoms with Crippen molar-refractivity contribution in [3.05, 3.63) is 80.2 Å². The van der Waals surface area contributed by atoms with Crippen LogP contribution in [0.15, 0.2) is 64.1 Å². The molecule has 3 rings (SSSR count). The first kappa shape index (κ1) is 16.7. The molecule has 2 aromatic rings. The van der Waals surface area contributed by atoms with Crippen molar-refractivity contribution in [1.29, 1.82) is 0 Å². The van der Waals surface area contributed by atoms with E-state index in [2.05, 4.69) is 0 Å². The fraction of sp³-hybridized carbons (Fsp3) is 0.176. The summed E-state index contributed by atoms with van der Waals surface area (Å²) in [5.74, 6) is -0.492. The van der Waals surface area contributed by atoms with E-state index >= 15 is 0 Å². The van der Waals surface area contributed by atoms with Gasteiger partial charge >= 0.3 is 0 Å². The summed E-state index contributed by atoms with van der Waals surface area (Å²) in [6.07, 6.45) is 1.58. The average molecular weight is 362 g/mol. The Morgan fingerprint density at radius 3 is 2.62 bits per heavy atom. The summed E-state index contributed by atoms with van der Waals surface area (Å²) in [6.45, 7) is 2.39. The molecular formula is C17H16ClN3O2S. The van der Waals surface area contributed by atoms with Gasteiger partial charge < -0.3 is 10.6 Å². The van der Waals surface area contributed by atoms with Gasteiger partial charge in [-0.1, -0.05) is 53.7 Å². The third kappa shape index (κ3) is 3.20. The molecule has 1 aromatic carbocycles. The van der Waals surface area contributed by atoms with Crippen LogP contribution in [-0.4, -0.2) is 15.4 Å². The van der Waals surface area contributed by atoms with Crippen molar-refractivity contribution in [2.75, 3.05) is 0 Å². The van der Waals surface area contributed by atoms with Crippen molar-refractivity contribution in [2.24, 2.45) is 5.73 Å². The van der Waals surface area contributed by atoms with Gasteiger partial charge in [0.15, 0.2) is 5.50 Å². The predicted molar refractivity (Wildman–Crippen MR) is 96.2 cm³/mol. The molecule has 2 N–H and O–H groups in total. The lowest BCUT2D eigenvalue weighted by Crippen LogP contribution is -2.31. The zero-order valence-electron chi connectivity index (χ0n) is 13.0. The molecule has 1 aromatic heterocycles. The van der Waals surface area contributed by atoms with Crippen molar-refractivity contribution >= 4 is 29.3 Å². The largest absolute Gasteiger partial charge is 0.365 e. The number of amides is 1. The van der Waals surface area contributed by atoms with E-state index in [1.807, 2.05) is 42.2 Å². The zero-order chi connectivity index (χ0) is 17.3. The number of carbonyl (C=O) groups excluding carboxylic acids is 1. The highest BCUT2D eigenvalue weighted by molar-refractivity contribution is 8.04. The minimum atomic E-state index is -0.492. The number of benzene rings is 1. The summed E-state index contributed by atoms with van der Waals surface area (Å²) in [5.41, 5.74) is 6.73. The van der Waals surface area contributed by atoms with Gasteiger partial charge in [-0.25, -0.2) is 0 Å². The summed E-state index contributed by atoms with van der Waals surface area (Å²) in [7, 11) is 0. The quantitative estimate of drug-likeness (QED) is 0.909. The van der Waals surface area contributed by atoms with Crippen LogP contribution in [-0.2, 0) is 11.3 Å². The molecule has 1 amide bonds. The fourth-order valence-electron chi connectivity index (χ4n) is 2.62. The maximum atomic E-state index is 12.3. The molecule has 2 heterocycles. The molecule has 0 bridgehead atoms. The number of nitrogens with zero attached hydrogens (tertiary/aromatic N) is 2. The first-order valence-electron chi connectivity index (χ1n) is 7.33. The summed E-state index contributed by atoms with van der Waals surface area (Å²) >= 11 is 7.31. The lowest BCUT2D eigenvalue weighted by molar-refractivity contribution is -0.114. The van der Waals surface area contributed by atoms with E-state index in [0.29, 0.717) is 16.5 Å². The standard InChI is InChI=1S/C17H16ClN3O2S/c1-11-15(16(19)23)24-17(21-10-13(18)7-8-14(21)22)20(11)9-12-5-3-2-4-6-12/h2-8,10,17H,9H2,1H3,(H2,19,23). The number of pyridine rings is 1. The summed E-state index contributed by atoms with van der Waals surface area (Å²) in [6, 6.07) is 12.8. The first-order chi connectivity index (χ1) is 11.5. The van der Waals surface area contributed by atoms with Crippen molar-refractivity contribution < 1.29 is 4.79 Å². The molecule has 0 saturated carbocycles. The molecule has 1 aliphatic rings. The van der Waals surface area contributed by atoms with E-state index < -0.39 is 11.4 Å². The summed E-state index contributed by atoms with van der Waals surface area (Å²) in [4.78, 5) is 26.5. The molecule has 0 fully saturated rings. The number of hydrogen-bond donors (Lipinski definition) is 1. The lowest BCUT2D eigenvalue weighted by Gasteiger charge is -2.29. The minimum absolute atomic E-state index is 0.187. The number of carbonyl (C=O) groups is 1. The molecule has 0 aliphatic carbocycles. The third-order valence-corrected chi connectivity index (χ3v) is 5.46. The van der Waals surface area contributed by atoms with Gasteiger partial charge in [-0.05, 0) is 18.6 Å². The normalized spacial score (nSPS) is 17.4. The van der Waals surface area contributed by atoms with Crippen molar-refractivity contribution in [1.82, 2.24) is 9.47 Å². The smallest absolute Gasteiger partial charge is 0.257 e. The van der Waals surface area contributed by atoms with Gasteiger partial charge in [0.1, 0.15) is 0 Å². The van der Waals surface area contributed by atoms with E-state index in [1.165, 1.54) is 22.4 Å². The van der Waals surface area contributed by atoms with Crippen LogP contribution < -0.4 is 11.3 Å². The van der Waals surface area contributed by atoms with Crippen molar-refractivity contribution in [3.63, 3.8) is 0 Å². The Morgan fingerprint density at radius 1 is 1.25 bits per heavy atom. The number of primary amides is 1. The Labute approximate surface area is 148 Å². The zero-order valence-corrected chi connectivity index (χ0v) is 14.6. The van der Waals surface area contributed by atoms with Crippen LogP contribution in [0.3, 0.4) is 0 Å². The fourth-order valence-corrected chi connectivity index (χ4v) is 4.04. The molecule has 1 atom stereocenters. The number of hydrogen-bond acceptors (Lipinski definition) is 4. The lowest BCUT2D eigenvalue weighted by atomic mass is 10.2. The van der Waals surface area contributed by atoms with Gasteiger partial charge in [0, 0.05) is 24.5 Å². The van der Waals surface area contributed by atoms with Gasteiger partial charge in [0.05, 0.1) is 9.93 Å². The van der Waals surface area contributed by atoms with E-state index in [-0.39, 0.29) is 5.56 Å². The molecule has 1 unspecified atom stereocenters. The van der Waals surface area contributed by atoms with Gasteiger partial charge in [0.2, 0.25) is 0 Å². The van der Waals surface area contributed by atoms with Crippen LogP contribution in [0.2, 0.25) is 5.02 Å². The molecule has 0 saturated heterocycles. The molecule has 0 radical (unpaired) electrons. The topological polar surface area (TPSA) is 68.3 Å². The second kappa shape index (κ2) is 6.75. The van der Waals surface area contributed by atoms with E-state index in [4.69, 9.17) is 17.3 Å². The number of rotatable bonds is 4. The minimum Gasteiger partial charge on any atom is -0.365 e. The van der Waals surface area contributed by atoms with Gasteiger partial charge in [0.25, 0.3) is 11.5 Å². The highest BCUT2D eigenvalue weighted by Crippen LogP contribution is 2.44. The van der Waals surface area contributed by atoms with Crippen molar-refractivity contribution in [3.8, 4) is 0 Å². The molecule has 5 nitrogen and oxygen atoms in total. The average Bonchev–Trinajstić information content (AvgIpc) is 2.88. The molecule has 0 spiro atoms. The second-order valence-electron chi connectivity index (χ2n) is 5.43. The SMILES string of the molecule is CC1=C(C(N)=O)SC(n2cc(Cl)ccc2=O)N1Cc1ccccc1. The molecule has 1 aliphatic heterocycles. The number of nitrogens with two attached hydrogens (primary N) is 1. The van der Waals surface area contributed by atoms with Crippen LogP contribution >= 0.6 is 23.4 Å². The number of aromatic nitrogens is 1. The maximum absolute atomic E-state index is 12.3. The molecule has 7 heteroatoms. The van der Waals surface area contributed by atoms with Gasteiger partial charge in [-0.15, -0.1) is 0 Å². The second-order valence-corrected chi connectivity index (χ2v) is 6.93. The van der Waals surface area contributed by atoms with Crippen LogP contribution in [0.1, 0.15) is 18.0 Å². The Kier molecular flexibility index (Phi) is 4.69. The third-order valence-electron chi connectivity index (χ3n) is 3.81. The molecule has 24 heavy (non-hydrogen) atoms. The van der Waals surface area contributed by atoms with E-state index in [0.717, 1.165) is 11.3 Å². The maximum Gasteiger partial charge on any atom is 0.257 e. The Balaban J connectivity index is 2.03. The Morgan fingerprint density at radius 2 is 1.96 bits per heavy atom. The monoisotopic (exact) mass is 361 g/mol. The number of halogens is 1. The summed E-state index contributed by atoms with van der Waals surface area (Å²) in [5, 5.41) is 0.458. The Bertz CT molecular complexity index is 864. The molecule has 124 valence electrons. The summed E-state index contributed by atoms with van der Waals surface area (Å²) < 4.78 is 1.52. The van der Waals surface area contributed by atoms with Gasteiger partial charge in [-0.2, -0.15) is 0 Å². The first-order valence-corrected chi connectivity index (χ1v) is 8.58. The molecular weight excluding hydrogens is 346 g/mol. The highest BCUT2D eigenvalue weighted by Gasteiger charge is 2.34. The van der Waals surface area contributed by atoms with Crippen molar-refractivity contribution in [2.45, 2.75) is 19.0 Å². The van der Waals surface area contributed by atoms with Crippen LogP contribution in [0.25, 0.3) is 0 Å². The van der Waals surface area contributed by atoms with Crippen LogP contribution in [0.5, 0.6) is 0 Å². The van der Waals surface area contributed by atoms with Crippen LogP contribution in [0, 0.1) is 0 Å². The number of thioether (sulfide) groups is 1. The van der Waals surface area contributed by atoms with Crippen LogP contribution in [0.4, 0.5) is 0 Å². The van der Waals surface area contributed by atoms with E-state index in [9.17, 15) is 9.59 Å². The highest BCUT2D eigenvalue weighted by atomic mass is 35.5. The van der Waals surface area contributed by atoms with E-state index in [1.54, 1.807) is 12.3 Å². The predicted octanol–water partition coefficient (Wildman–Crippen LogP) is 2.92. The van der Waals surface area contributed by atoms with Gasteiger partial charge in [-0.3, -0.25) is 14.2 Å². The number of allylic oxidation sites excluding steroid dienone is 1.